The summed E-state index contributed by atoms with van der Waals surface area (Å²) in [4.78, 5) is 2.53. The van der Waals surface area contributed by atoms with Crippen LogP contribution in [0.1, 0.15) is 32.1 Å². The Morgan fingerprint density at radius 2 is 1.84 bits per heavy atom. The average Bonchev–Trinajstić information content (AvgIpc) is 2.39. The van der Waals surface area contributed by atoms with Crippen LogP contribution >= 0.6 is 24.8 Å². The van der Waals surface area contributed by atoms with Gasteiger partial charge in [0, 0.05) is 19.8 Å². The highest BCUT2D eigenvalue weighted by Gasteiger charge is 2.17. The van der Waals surface area contributed by atoms with Gasteiger partial charge in [0.2, 0.25) is 0 Å². The summed E-state index contributed by atoms with van der Waals surface area (Å²) in [5, 5.41) is 3.50. The molecule has 0 amide bonds. The molecule has 1 N–H and O–H groups in total. The van der Waals surface area contributed by atoms with E-state index in [0.29, 0.717) is 0 Å². The molecule has 0 radical (unpaired) electrons. The smallest absolute Gasteiger partial charge is 0.0469 e. The second kappa shape index (κ2) is 11.2. The van der Waals surface area contributed by atoms with E-state index in [1.807, 2.05) is 0 Å². The molecule has 0 spiro atoms. The molecule has 0 aromatic heterocycles. The molecule has 2 rings (SSSR count). The fourth-order valence-electron chi connectivity index (χ4n) is 3.03. The number of halogens is 2. The zero-order valence-electron chi connectivity index (χ0n) is 12.1. The van der Waals surface area contributed by atoms with Gasteiger partial charge in [-0.3, -0.25) is 0 Å². The number of rotatable bonds is 5. The predicted molar refractivity (Wildman–Crippen MR) is 85.7 cm³/mol. The molecular weight excluding hydrogens is 283 g/mol. The van der Waals surface area contributed by atoms with Gasteiger partial charge in [0.15, 0.2) is 0 Å². The summed E-state index contributed by atoms with van der Waals surface area (Å²) in [6, 6.07) is 0. The largest absolute Gasteiger partial charge is 0.381 e. The number of piperidine rings is 1. The Morgan fingerprint density at radius 3 is 2.47 bits per heavy atom. The minimum Gasteiger partial charge on any atom is -0.381 e. The van der Waals surface area contributed by atoms with Gasteiger partial charge >= 0.3 is 0 Å². The molecule has 5 heteroatoms. The standard InChI is InChI=1S/C14H28N2O.2ClH/c1-16(12-14-5-9-17-10-6-14)8-4-13-3-2-7-15-11-13;;/h13-15H,2-12H2,1H3;2*1H. The third kappa shape index (κ3) is 7.72. The Kier molecular flexibility index (Phi) is 11.4. The zero-order chi connectivity index (χ0) is 11.9. The summed E-state index contributed by atoms with van der Waals surface area (Å²) < 4.78 is 5.41. The number of nitrogens with one attached hydrogen (secondary N) is 1. The molecule has 2 saturated heterocycles. The van der Waals surface area contributed by atoms with Crippen molar-refractivity contribution in [2.24, 2.45) is 11.8 Å². The van der Waals surface area contributed by atoms with E-state index in [1.54, 1.807) is 0 Å². The van der Waals surface area contributed by atoms with E-state index >= 15 is 0 Å². The molecule has 116 valence electrons. The van der Waals surface area contributed by atoms with Gasteiger partial charge in [-0.2, -0.15) is 0 Å². The lowest BCUT2D eigenvalue weighted by Gasteiger charge is -2.29. The predicted octanol–water partition coefficient (Wildman–Crippen LogP) is 2.58. The van der Waals surface area contributed by atoms with E-state index in [9.17, 15) is 0 Å². The molecule has 0 bridgehead atoms. The maximum absolute atomic E-state index is 5.41. The number of nitrogens with zero attached hydrogens (tertiary/aromatic N) is 1. The molecule has 2 aliphatic rings. The summed E-state index contributed by atoms with van der Waals surface area (Å²) >= 11 is 0. The first kappa shape index (κ1) is 19.5. The first-order valence-corrected chi connectivity index (χ1v) is 7.31. The van der Waals surface area contributed by atoms with E-state index in [-0.39, 0.29) is 24.8 Å². The SMILES string of the molecule is CN(CCC1CCCNC1)CC1CCOCC1.Cl.Cl. The lowest BCUT2D eigenvalue weighted by atomic mass is 9.95. The summed E-state index contributed by atoms with van der Waals surface area (Å²) in [5.74, 6) is 1.79. The Balaban J connectivity index is 0.00000162. The molecule has 2 aliphatic heterocycles. The normalized spacial score (nSPS) is 24.6. The van der Waals surface area contributed by atoms with Gasteiger partial charge in [-0.1, -0.05) is 0 Å². The molecule has 0 saturated carbocycles. The van der Waals surface area contributed by atoms with Crippen molar-refractivity contribution in [3.05, 3.63) is 0 Å². The molecule has 2 fully saturated rings. The van der Waals surface area contributed by atoms with Crippen LogP contribution < -0.4 is 5.32 Å². The Labute approximate surface area is 130 Å². The van der Waals surface area contributed by atoms with Crippen LogP contribution in [-0.4, -0.2) is 51.3 Å². The van der Waals surface area contributed by atoms with Crippen molar-refractivity contribution >= 4 is 24.8 Å². The van der Waals surface area contributed by atoms with Crippen molar-refractivity contribution in [1.82, 2.24) is 10.2 Å². The maximum Gasteiger partial charge on any atom is 0.0469 e. The molecule has 1 unspecified atom stereocenters. The van der Waals surface area contributed by atoms with E-state index in [2.05, 4.69) is 17.3 Å². The minimum absolute atomic E-state index is 0. The molecule has 0 aromatic carbocycles. The second-order valence-electron chi connectivity index (χ2n) is 5.82. The quantitative estimate of drug-likeness (QED) is 0.844. The van der Waals surface area contributed by atoms with Gasteiger partial charge in [-0.05, 0) is 70.6 Å². The molecule has 0 aliphatic carbocycles. The van der Waals surface area contributed by atoms with Gasteiger partial charge in [0.1, 0.15) is 0 Å². The molecule has 0 aromatic rings. The third-order valence-corrected chi connectivity index (χ3v) is 4.23. The van der Waals surface area contributed by atoms with Gasteiger partial charge in [0.25, 0.3) is 0 Å². The van der Waals surface area contributed by atoms with Crippen molar-refractivity contribution in [3.63, 3.8) is 0 Å². The Hall–Kier alpha value is 0.460. The van der Waals surface area contributed by atoms with Crippen LogP contribution in [0, 0.1) is 11.8 Å². The van der Waals surface area contributed by atoms with E-state index in [4.69, 9.17) is 4.74 Å². The monoisotopic (exact) mass is 312 g/mol. The van der Waals surface area contributed by atoms with Crippen LogP contribution in [0.3, 0.4) is 0 Å². The van der Waals surface area contributed by atoms with Crippen LogP contribution in [0.15, 0.2) is 0 Å². The van der Waals surface area contributed by atoms with E-state index in [1.165, 1.54) is 58.3 Å². The third-order valence-electron chi connectivity index (χ3n) is 4.23. The summed E-state index contributed by atoms with van der Waals surface area (Å²) in [5.41, 5.74) is 0. The van der Waals surface area contributed by atoms with Crippen molar-refractivity contribution in [3.8, 4) is 0 Å². The van der Waals surface area contributed by atoms with Crippen molar-refractivity contribution in [2.45, 2.75) is 32.1 Å². The molecule has 1 atom stereocenters. The van der Waals surface area contributed by atoms with Gasteiger partial charge in [0.05, 0.1) is 0 Å². The molecule has 19 heavy (non-hydrogen) atoms. The second-order valence-corrected chi connectivity index (χ2v) is 5.82. The van der Waals surface area contributed by atoms with Gasteiger partial charge in [-0.15, -0.1) is 24.8 Å². The van der Waals surface area contributed by atoms with Crippen LogP contribution in [0.2, 0.25) is 0 Å². The number of hydrogen-bond donors (Lipinski definition) is 1. The Bertz CT molecular complexity index is 208. The van der Waals surface area contributed by atoms with Crippen LogP contribution in [0.25, 0.3) is 0 Å². The van der Waals surface area contributed by atoms with Gasteiger partial charge in [-0.25, -0.2) is 0 Å². The van der Waals surface area contributed by atoms with Crippen LogP contribution in [0.5, 0.6) is 0 Å². The summed E-state index contributed by atoms with van der Waals surface area (Å²) in [6.45, 7) is 6.96. The summed E-state index contributed by atoms with van der Waals surface area (Å²) in [7, 11) is 2.28. The van der Waals surface area contributed by atoms with Crippen molar-refractivity contribution in [2.75, 3.05) is 46.4 Å². The van der Waals surface area contributed by atoms with Crippen molar-refractivity contribution in [1.29, 1.82) is 0 Å². The maximum atomic E-state index is 5.41. The highest BCUT2D eigenvalue weighted by atomic mass is 35.5. The summed E-state index contributed by atoms with van der Waals surface area (Å²) in [6.07, 6.45) is 6.68. The highest BCUT2D eigenvalue weighted by Crippen LogP contribution is 2.17. The highest BCUT2D eigenvalue weighted by molar-refractivity contribution is 5.85. The van der Waals surface area contributed by atoms with Crippen LogP contribution in [-0.2, 0) is 4.74 Å². The average molecular weight is 313 g/mol. The lowest BCUT2D eigenvalue weighted by Crippen LogP contribution is -2.34. The fraction of sp³-hybridized carbons (Fsp3) is 1.00. The van der Waals surface area contributed by atoms with Crippen molar-refractivity contribution < 1.29 is 4.74 Å². The number of hydrogen-bond acceptors (Lipinski definition) is 3. The first-order chi connectivity index (χ1) is 8.34. The molecule has 3 nitrogen and oxygen atoms in total. The minimum atomic E-state index is 0. The lowest BCUT2D eigenvalue weighted by molar-refractivity contribution is 0.0550. The van der Waals surface area contributed by atoms with Crippen LogP contribution in [0.4, 0.5) is 0 Å². The van der Waals surface area contributed by atoms with E-state index < -0.39 is 0 Å². The molecular formula is C14H30Cl2N2O. The first-order valence-electron chi connectivity index (χ1n) is 7.31. The van der Waals surface area contributed by atoms with Gasteiger partial charge < -0.3 is 15.0 Å². The molecule has 2 heterocycles. The topological polar surface area (TPSA) is 24.5 Å². The van der Waals surface area contributed by atoms with E-state index in [0.717, 1.165) is 25.0 Å². The number of ether oxygens (including phenoxy) is 1. The fourth-order valence-corrected chi connectivity index (χ4v) is 3.03. The zero-order valence-corrected chi connectivity index (χ0v) is 13.7. The Morgan fingerprint density at radius 1 is 1.11 bits per heavy atom.